The summed E-state index contributed by atoms with van der Waals surface area (Å²) in [7, 11) is -3.16. The van der Waals surface area contributed by atoms with Crippen molar-refractivity contribution in [2.75, 3.05) is 23.4 Å². The monoisotopic (exact) mass is 299 g/mol. The molecule has 0 saturated carbocycles. The van der Waals surface area contributed by atoms with Crippen LogP contribution in [0, 0.1) is 0 Å². The second-order valence-corrected chi connectivity index (χ2v) is 8.32. The number of thioether (sulfide) groups is 1. The van der Waals surface area contributed by atoms with Crippen molar-refractivity contribution in [3.05, 3.63) is 24.3 Å². The van der Waals surface area contributed by atoms with E-state index in [1.807, 2.05) is 30.8 Å². The molecule has 1 unspecified atom stereocenters. The molecule has 0 spiro atoms. The maximum Gasteiger partial charge on any atom is 0.180 e. The molecule has 1 heterocycles. The quantitative estimate of drug-likeness (QED) is 0.876. The van der Waals surface area contributed by atoms with Crippen LogP contribution in [0.25, 0.3) is 0 Å². The summed E-state index contributed by atoms with van der Waals surface area (Å²) in [6, 6.07) is 7.24. The van der Waals surface area contributed by atoms with Gasteiger partial charge in [0.25, 0.3) is 0 Å². The Kier molecular flexibility index (Phi) is 5.16. The molecule has 1 fully saturated rings. The fourth-order valence-electron chi connectivity index (χ4n) is 2.29. The second-order valence-electron chi connectivity index (χ2n) is 4.83. The summed E-state index contributed by atoms with van der Waals surface area (Å²) in [6.45, 7) is 2.74. The maximum atomic E-state index is 12.2. The lowest BCUT2D eigenvalue weighted by molar-refractivity contribution is 0.595. The molecule has 1 aliphatic rings. The summed E-state index contributed by atoms with van der Waals surface area (Å²) in [5.41, 5.74) is 0.753. The first-order valence-electron chi connectivity index (χ1n) is 6.81. The standard InChI is InChI=1S/C14H21NO2S2/c1-2-10-19(16,17)14-8-4-3-7-13(14)15-11-12-6-5-9-18-12/h3-4,7-8,12,15H,2,5-6,9-11H2,1H3. The van der Waals surface area contributed by atoms with Gasteiger partial charge in [-0.3, -0.25) is 0 Å². The summed E-state index contributed by atoms with van der Waals surface area (Å²) >= 11 is 1.97. The highest BCUT2D eigenvalue weighted by molar-refractivity contribution is 8.00. The number of hydrogen-bond acceptors (Lipinski definition) is 4. The van der Waals surface area contributed by atoms with Crippen molar-refractivity contribution in [2.45, 2.75) is 36.3 Å². The van der Waals surface area contributed by atoms with E-state index >= 15 is 0 Å². The maximum absolute atomic E-state index is 12.2. The number of benzene rings is 1. The average Bonchev–Trinajstić information content (AvgIpc) is 2.90. The van der Waals surface area contributed by atoms with Crippen LogP contribution < -0.4 is 5.32 Å². The van der Waals surface area contributed by atoms with Crippen LogP contribution in [-0.4, -0.2) is 31.7 Å². The predicted octanol–water partition coefficient (Wildman–Crippen LogP) is 3.18. The van der Waals surface area contributed by atoms with Crippen LogP contribution in [0.15, 0.2) is 29.2 Å². The molecule has 0 amide bonds. The fraction of sp³-hybridized carbons (Fsp3) is 0.571. The Morgan fingerprint density at radius 3 is 2.84 bits per heavy atom. The van der Waals surface area contributed by atoms with Gasteiger partial charge in [-0.1, -0.05) is 19.1 Å². The fourth-order valence-corrected chi connectivity index (χ4v) is 5.01. The SMILES string of the molecule is CCCS(=O)(=O)c1ccccc1NCC1CCCS1. The Hall–Kier alpha value is -0.680. The normalized spacial score (nSPS) is 19.5. The third-order valence-corrected chi connectivity index (χ3v) is 6.61. The molecule has 3 nitrogen and oxygen atoms in total. The van der Waals surface area contributed by atoms with Crippen LogP contribution in [-0.2, 0) is 9.84 Å². The lowest BCUT2D eigenvalue weighted by Gasteiger charge is -2.15. The van der Waals surface area contributed by atoms with Gasteiger partial charge in [-0.2, -0.15) is 11.8 Å². The summed E-state index contributed by atoms with van der Waals surface area (Å²) in [5.74, 6) is 1.44. The van der Waals surface area contributed by atoms with Crippen LogP contribution in [0.5, 0.6) is 0 Å². The van der Waals surface area contributed by atoms with Gasteiger partial charge in [0.15, 0.2) is 9.84 Å². The lowest BCUT2D eigenvalue weighted by Crippen LogP contribution is -2.16. The number of nitrogens with one attached hydrogen (secondary N) is 1. The van der Waals surface area contributed by atoms with E-state index in [1.54, 1.807) is 12.1 Å². The van der Waals surface area contributed by atoms with Crippen molar-refractivity contribution >= 4 is 27.3 Å². The molecule has 0 radical (unpaired) electrons. The van der Waals surface area contributed by atoms with E-state index < -0.39 is 9.84 Å². The molecule has 0 aliphatic carbocycles. The molecule has 0 bridgehead atoms. The molecule has 1 aromatic rings. The summed E-state index contributed by atoms with van der Waals surface area (Å²) < 4.78 is 24.4. The molecule has 19 heavy (non-hydrogen) atoms. The predicted molar refractivity (Wildman–Crippen MR) is 82.8 cm³/mol. The number of para-hydroxylation sites is 1. The Morgan fingerprint density at radius 1 is 1.37 bits per heavy atom. The first kappa shape index (κ1) is 14.7. The Bertz CT molecular complexity index is 508. The van der Waals surface area contributed by atoms with Gasteiger partial charge in [-0.05, 0) is 37.1 Å². The second kappa shape index (κ2) is 6.66. The highest BCUT2D eigenvalue weighted by atomic mass is 32.2. The van der Waals surface area contributed by atoms with Crippen molar-refractivity contribution in [2.24, 2.45) is 0 Å². The molecule has 5 heteroatoms. The van der Waals surface area contributed by atoms with Crippen LogP contribution in [0.3, 0.4) is 0 Å². The van der Waals surface area contributed by atoms with Crippen LogP contribution >= 0.6 is 11.8 Å². The topological polar surface area (TPSA) is 46.2 Å². The molecular formula is C14H21NO2S2. The van der Waals surface area contributed by atoms with Gasteiger partial charge < -0.3 is 5.32 Å². The smallest absolute Gasteiger partial charge is 0.180 e. The van der Waals surface area contributed by atoms with Gasteiger partial charge in [0.05, 0.1) is 16.3 Å². The third-order valence-electron chi connectivity index (χ3n) is 3.24. The van der Waals surface area contributed by atoms with Gasteiger partial charge in [0, 0.05) is 11.8 Å². The van der Waals surface area contributed by atoms with Crippen molar-refractivity contribution in [1.82, 2.24) is 0 Å². The van der Waals surface area contributed by atoms with Gasteiger partial charge in [0.2, 0.25) is 0 Å². The molecule has 106 valence electrons. The molecule has 1 saturated heterocycles. The summed E-state index contributed by atoms with van der Waals surface area (Å²) in [5, 5.41) is 3.93. The summed E-state index contributed by atoms with van der Waals surface area (Å²) in [4.78, 5) is 0.444. The molecule has 1 aromatic carbocycles. The van der Waals surface area contributed by atoms with E-state index in [4.69, 9.17) is 0 Å². The Balaban J connectivity index is 2.11. The van der Waals surface area contributed by atoms with Gasteiger partial charge in [-0.25, -0.2) is 8.42 Å². The number of hydrogen-bond donors (Lipinski definition) is 1. The minimum absolute atomic E-state index is 0.212. The zero-order valence-electron chi connectivity index (χ0n) is 11.3. The van der Waals surface area contributed by atoms with E-state index in [-0.39, 0.29) is 5.75 Å². The van der Waals surface area contributed by atoms with Crippen molar-refractivity contribution in [1.29, 1.82) is 0 Å². The zero-order chi connectivity index (χ0) is 13.7. The molecule has 1 atom stereocenters. The van der Waals surface area contributed by atoms with E-state index in [0.717, 1.165) is 12.2 Å². The highest BCUT2D eigenvalue weighted by Gasteiger charge is 2.19. The minimum Gasteiger partial charge on any atom is -0.383 e. The van der Waals surface area contributed by atoms with E-state index in [1.165, 1.54) is 18.6 Å². The first-order chi connectivity index (χ1) is 9.13. The molecule has 1 aliphatic heterocycles. The van der Waals surface area contributed by atoms with Gasteiger partial charge in [-0.15, -0.1) is 0 Å². The van der Waals surface area contributed by atoms with E-state index in [9.17, 15) is 8.42 Å². The zero-order valence-corrected chi connectivity index (χ0v) is 12.9. The van der Waals surface area contributed by atoms with Crippen molar-refractivity contribution in [3.8, 4) is 0 Å². The minimum atomic E-state index is -3.16. The Labute approximate surface area is 120 Å². The highest BCUT2D eigenvalue weighted by Crippen LogP contribution is 2.28. The van der Waals surface area contributed by atoms with Crippen LogP contribution in [0.2, 0.25) is 0 Å². The first-order valence-corrected chi connectivity index (χ1v) is 9.51. The molecule has 0 aromatic heterocycles. The Morgan fingerprint density at radius 2 is 2.16 bits per heavy atom. The van der Waals surface area contributed by atoms with E-state index in [0.29, 0.717) is 16.6 Å². The largest absolute Gasteiger partial charge is 0.383 e. The average molecular weight is 299 g/mol. The van der Waals surface area contributed by atoms with Crippen molar-refractivity contribution < 1.29 is 8.42 Å². The van der Waals surface area contributed by atoms with Crippen molar-refractivity contribution in [3.63, 3.8) is 0 Å². The number of rotatable bonds is 6. The summed E-state index contributed by atoms with van der Waals surface area (Å²) in [6.07, 6.45) is 3.14. The van der Waals surface area contributed by atoms with Crippen LogP contribution in [0.1, 0.15) is 26.2 Å². The number of anilines is 1. The molecular weight excluding hydrogens is 278 g/mol. The van der Waals surface area contributed by atoms with Gasteiger partial charge in [0.1, 0.15) is 0 Å². The van der Waals surface area contributed by atoms with Gasteiger partial charge >= 0.3 is 0 Å². The molecule has 1 N–H and O–H groups in total. The lowest BCUT2D eigenvalue weighted by atomic mass is 10.2. The van der Waals surface area contributed by atoms with E-state index in [2.05, 4.69) is 5.32 Å². The molecule has 2 rings (SSSR count). The van der Waals surface area contributed by atoms with Crippen LogP contribution in [0.4, 0.5) is 5.69 Å². The third kappa shape index (κ3) is 3.89. The number of sulfone groups is 1.